The number of hydrogen-bond acceptors (Lipinski definition) is 7. The van der Waals surface area contributed by atoms with Gasteiger partial charge in [-0.15, -0.1) is 15.3 Å². The third-order valence-electron chi connectivity index (χ3n) is 4.80. The predicted molar refractivity (Wildman–Crippen MR) is 127 cm³/mol. The van der Waals surface area contributed by atoms with Crippen molar-refractivity contribution in [2.45, 2.75) is 16.6 Å². The Morgan fingerprint density at radius 3 is 2.50 bits per heavy atom. The molecular weight excluding hydrogens is 440 g/mol. The maximum absolute atomic E-state index is 12.6. The maximum Gasteiger partial charge on any atom is 0.257 e. The molecule has 158 valence electrons. The number of nitrogens with one attached hydrogen (secondary N) is 1. The fraction of sp³-hybridized carbons (Fsp3) is 0.0870. The van der Waals surface area contributed by atoms with E-state index >= 15 is 0 Å². The van der Waals surface area contributed by atoms with Gasteiger partial charge in [-0.3, -0.25) is 10.1 Å². The zero-order valence-electron chi connectivity index (χ0n) is 16.9. The molecule has 5 aromatic rings. The van der Waals surface area contributed by atoms with Crippen LogP contribution in [-0.4, -0.2) is 31.1 Å². The van der Waals surface area contributed by atoms with Gasteiger partial charge in [-0.2, -0.15) is 0 Å². The van der Waals surface area contributed by atoms with Crippen molar-refractivity contribution in [3.8, 4) is 0 Å². The summed E-state index contributed by atoms with van der Waals surface area (Å²) < 4.78 is 2.67. The Bertz CT molecular complexity index is 1350. The number of rotatable bonds is 7. The molecule has 3 aromatic carbocycles. The van der Waals surface area contributed by atoms with E-state index in [1.54, 1.807) is 23.9 Å². The molecule has 0 saturated heterocycles. The summed E-state index contributed by atoms with van der Waals surface area (Å²) in [5.41, 5.74) is 4.66. The highest BCUT2D eigenvalue weighted by atomic mass is 32.2. The smallest absolute Gasteiger partial charge is 0.257 e. The lowest BCUT2D eigenvalue weighted by molar-refractivity contribution is 0.102. The Kier molecular flexibility index (Phi) is 5.91. The number of thioether (sulfide) groups is 1. The monoisotopic (exact) mass is 458 g/mol. The topological polar surface area (TPSA) is 85.6 Å². The van der Waals surface area contributed by atoms with Gasteiger partial charge in [-0.1, -0.05) is 82.9 Å². The highest BCUT2D eigenvalue weighted by Crippen LogP contribution is 2.28. The molecule has 0 unspecified atom stereocenters. The quantitative estimate of drug-likeness (QED) is 0.276. The summed E-state index contributed by atoms with van der Waals surface area (Å²) in [5, 5.41) is 20.0. The van der Waals surface area contributed by atoms with Gasteiger partial charge in [-0.05, 0) is 35.4 Å². The Balaban J connectivity index is 1.19. The zero-order chi connectivity index (χ0) is 21.8. The van der Waals surface area contributed by atoms with Gasteiger partial charge in [-0.25, -0.2) is 4.68 Å². The van der Waals surface area contributed by atoms with Gasteiger partial charge < -0.3 is 0 Å². The molecule has 0 spiro atoms. The van der Waals surface area contributed by atoms with E-state index in [1.165, 1.54) is 16.9 Å². The lowest BCUT2D eigenvalue weighted by atomic mass is 10.1. The Morgan fingerprint density at radius 1 is 0.875 bits per heavy atom. The first-order chi connectivity index (χ1) is 15.7. The van der Waals surface area contributed by atoms with Crippen molar-refractivity contribution in [2.75, 3.05) is 5.32 Å². The van der Waals surface area contributed by atoms with E-state index in [4.69, 9.17) is 0 Å². The first-order valence-corrected chi connectivity index (χ1v) is 11.7. The molecule has 0 aliphatic heterocycles. The number of hydrogen-bond donors (Lipinski definition) is 1. The van der Waals surface area contributed by atoms with Crippen LogP contribution in [0.5, 0.6) is 0 Å². The zero-order valence-corrected chi connectivity index (χ0v) is 18.5. The molecule has 5 rings (SSSR count). The molecule has 2 heterocycles. The molecule has 1 N–H and O–H groups in total. The maximum atomic E-state index is 12.6. The number of benzene rings is 3. The number of nitrogens with zero attached hydrogens (tertiary/aromatic N) is 5. The number of aromatic nitrogens is 5. The van der Waals surface area contributed by atoms with Gasteiger partial charge in [0, 0.05) is 11.3 Å². The Morgan fingerprint density at radius 2 is 1.66 bits per heavy atom. The van der Waals surface area contributed by atoms with Gasteiger partial charge in [0.15, 0.2) is 4.34 Å². The van der Waals surface area contributed by atoms with Gasteiger partial charge in [0.05, 0.1) is 12.1 Å². The molecule has 0 aliphatic rings. The summed E-state index contributed by atoms with van der Waals surface area (Å²) in [5.74, 6) is 0.602. The van der Waals surface area contributed by atoms with E-state index in [9.17, 15) is 4.79 Å². The van der Waals surface area contributed by atoms with Crippen LogP contribution in [0.4, 0.5) is 5.13 Å². The molecule has 0 aliphatic carbocycles. The van der Waals surface area contributed by atoms with Crippen molar-refractivity contribution in [3.63, 3.8) is 0 Å². The molecule has 0 saturated carbocycles. The molecule has 32 heavy (non-hydrogen) atoms. The fourth-order valence-electron chi connectivity index (χ4n) is 3.18. The minimum atomic E-state index is -0.210. The fourth-order valence-corrected chi connectivity index (χ4v) is 4.88. The van der Waals surface area contributed by atoms with Crippen molar-refractivity contribution >= 4 is 45.2 Å². The molecule has 0 atom stereocenters. The van der Waals surface area contributed by atoms with E-state index in [2.05, 4.69) is 38.0 Å². The molecule has 0 bridgehead atoms. The average molecular weight is 459 g/mol. The number of fused-ring (bicyclic) bond motifs is 1. The van der Waals surface area contributed by atoms with Crippen LogP contribution < -0.4 is 5.32 Å². The van der Waals surface area contributed by atoms with Crippen molar-refractivity contribution < 1.29 is 4.79 Å². The van der Waals surface area contributed by atoms with E-state index in [0.717, 1.165) is 26.7 Å². The highest BCUT2D eigenvalue weighted by Gasteiger charge is 2.11. The summed E-state index contributed by atoms with van der Waals surface area (Å²) in [4.78, 5) is 12.6. The second-order valence-electron chi connectivity index (χ2n) is 7.03. The Hall–Kier alpha value is -3.56. The number of para-hydroxylation sites is 1. The van der Waals surface area contributed by atoms with Crippen molar-refractivity contribution in [2.24, 2.45) is 0 Å². The molecule has 0 radical (unpaired) electrons. The van der Waals surface area contributed by atoms with Gasteiger partial charge in [0.1, 0.15) is 5.52 Å². The van der Waals surface area contributed by atoms with Crippen LogP contribution in [0.3, 0.4) is 0 Å². The van der Waals surface area contributed by atoms with Gasteiger partial charge >= 0.3 is 0 Å². The third kappa shape index (κ3) is 4.68. The summed E-state index contributed by atoms with van der Waals surface area (Å²) in [6.07, 6.45) is 0. The number of amides is 1. The van der Waals surface area contributed by atoms with E-state index in [0.29, 0.717) is 17.2 Å². The van der Waals surface area contributed by atoms with E-state index < -0.39 is 0 Å². The summed E-state index contributed by atoms with van der Waals surface area (Å²) in [6, 6.07) is 25.5. The van der Waals surface area contributed by atoms with Crippen molar-refractivity contribution in [3.05, 3.63) is 95.6 Å². The molecule has 7 nitrogen and oxygen atoms in total. The SMILES string of the molecule is O=C(Nc1nnc(SCc2ccccc2)s1)c1ccc(Cn2nnc3ccccc32)cc1. The summed E-state index contributed by atoms with van der Waals surface area (Å²) >= 11 is 2.97. The number of carbonyl (C=O) groups is 1. The average Bonchev–Trinajstić information content (AvgIpc) is 3.46. The van der Waals surface area contributed by atoms with Crippen LogP contribution in [0.1, 0.15) is 21.5 Å². The van der Waals surface area contributed by atoms with Crippen molar-refractivity contribution in [1.82, 2.24) is 25.2 Å². The number of anilines is 1. The largest absolute Gasteiger partial charge is 0.296 e. The Labute approximate surface area is 192 Å². The minimum Gasteiger partial charge on any atom is -0.296 e. The lowest BCUT2D eigenvalue weighted by Crippen LogP contribution is -2.12. The standard InChI is InChI=1S/C23H18N6OS2/c30-21(24-22-26-27-23(32-22)31-15-17-6-2-1-3-7-17)18-12-10-16(11-13-18)14-29-20-9-5-4-8-19(20)25-28-29/h1-13H,14-15H2,(H,24,26,30). The summed E-state index contributed by atoms with van der Waals surface area (Å²) in [7, 11) is 0. The molecular formula is C23H18N6OS2. The minimum absolute atomic E-state index is 0.210. The molecule has 2 aromatic heterocycles. The van der Waals surface area contributed by atoms with Crippen LogP contribution in [0.2, 0.25) is 0 Å². The van der Waals surface area contributed by atoms with Crippen LogP contribution in [0.25, 0.3) is 11.0 Å². The highest BCUT2D eigenvalue weighted by molar-refractivity contribution is 8.00. The summed E-state index contributed by atoms with van der Waals surface area (Å²) in [6.45, 7) is 0.584. The van der Waals surface area contributed by atoms with Crippen LogP contribution in [-0.2, 0) is 12.3 Å². The van der Waals surface area contributed by atoms with Gasteiger partial charge in [0.2, 0.25) is 5.13 Å². The van der Waals surface area contributed by atoms with E-state index in [1.807, 2.05) is 59.3 Å². The van der Waals surface area contributed by atoms with Crippen LogP contribution in [0, 0.1) is 0 Å². The van der Waals surface area contributed by atoms with E-state index in [-0.39, 0.29) is 5.91 Å². The van der Waals surface area contributed by atoms with Crippen molar-refractivity contribution in [1.29, 1.82) is 0 Å². The van der Waals surface area contributed by atoms with Crippen LogP contribution in [0.15, 0.2) is 83.2 Å². The van der Waals surface area contributed by atoms with Gasteiger partial charge in [0.25, 0.3) is 5.91 Å². The molecule has 0 fully saturated rings. The first-order valence-electron chi connectivity index (χ1n) is 9.93. The molecule has 9 heteroatoms. The van der Waals surface area contributed by atoms with Crippen LogP contribution >= 0.6 is 23.1 Å². The normalized spacial score (nSPS) is 11.0. The first kappa shape index (κ1) is 20.3. The second-order valence-corrected chi connectivity index (χ2v) is 9.23. The third-order valence-corrected chi connectivity index (χ3v) is 6.84. The second kappa shape index (κ2) is 9.29. The lowest BCUT2D eigenvalue weighted by Gasteiger charge is -2.05. The molecule has 1 amide bonds. The predicted octanol–water partition coefficient (Wildman–Crippen LogP) is 4.88. The number of carbonyl (C=O) groups excluding carboxylic acids is 1.